The van der Waals surface area contributed by atoms with Gasteiger partial charge in [0, 0.05) is 23.5 Å². The van der Waals surface area contributed by atoms with Crippen LogP contribution in [0.1, 0.15) is 15.2 Å². The minimum Gasteiger partial charge on any atom is -0.319 e. The number of aromatic nitrogens is 2. The van der Waals surface area contributed by atoms with Crippen molar-refractivity contribution in [3.05, 3.63) is 71.0 Å². The molecule has 6 heteroatoms. The van der Waals surface area contributed by atoms with Crippen LogP contribution in [0.25, 0.3) is 21.3 Å². The Hall–Kier alpha value is -2.99. The summed E-state index contributed by atoms with van der Waals surface area (Å²) in [5.41, 5.74) is 3.26. The lowest BCUT2D eigenvalue weighted by molar-refractivity contribution is 0.103. The van der Waals surface area contributed by atoms with Crippen molar-refractivity contribution in [1.82, 2.24) is 9.78 Å². The molecule has 2 heterocycles. The predicted molar refractivity (Wildman–Crippen MR) is 103 cm³/mol. The Labute approximate surface area is 153 Å². The molecule has 0 aliphatic rings. The standard InChI is InChI=1S/C20H16FN3OS/c1-12-9-13-11-24(2)23-17(13)10-14(12)18-7-8-19(26-18)20(25)22-16-6-4-3-5-15(16)21/h3-11H,1-2H3,(H,22,25). The molecule has 0 saturated carbocycles. The number of carbonyl (C=O) groups is 1. The normalized spacial score (nSPS) is 11.0. The summed E-state index contributed by atoms with van der Waals surface area (Å²) in [5, 5.41) is 8.15. The molecule has 0 unspecified atom stereocenters. The van der Waals surface area contributed by atoms with Crippen molar-refractivity contribution in [2.75, 3.05) is 5.32 Å². The van der Waals surface area contributed by atoms with Gasteiger partial charge in [-0.2, -0.15) is 5.10 Å². The number of nitrogens with one attached hydrogen (secondary N) is 1. The van der Waals surface area contributed by atoms with Gasteiger partial charge in [-0.05, 0) is 54.4 Å². The highest BCUT2D eigenvalue weighted by Crippen LogP contribution is 2.33. The fraction of sp³-hybridized carbons (Fsp3) is 0.100. The molecule has 1 N–H and O–H groups in total. The van der Waals surface area contributed by atoms with Crippen LogP contribution in [0, 0.1) is 12.7 Å². The van der Waals surface area contributed by atoms with Crippen molar-refractivity contribution in [2.45, 2.75) is 6.92 Å². The maximum Gasteiger partial charge on any atom is 0.265 e. The van der Waals surface area contributed by atoms with Gasteiger partial charge >= 0.3 is 0 Å². The van der Waals surface area contributed by atoms with Gasteiger partial charge in [0.15, 0.2) is 0 Å². The quantitative estimate of drug-likeness (QED) is 0.555. The van der Waals surface area contributed by atoms with Gasteiger partial charge in [0.2, 0.25) is 0 Å². The first-order valence-electron chi connectivity index (χ1n) is 8.11. The highest BCUT2D eigenvalue weighted by Gasteiger charge is 2.14. The van der Waals surface area contributed by atoms with E-state index in [1.807, 2.05) is 32.3 Å². The van der Waals surface area contributed by atoms with Crippen LogP contribution in [0.3, 0.4) is 0 Å². The Balaban J connectivity index is 1.64. The van der Waals surface area contributed by atoms with Crippen molar-refractivity contribution >= 4 is 33.8 Å². The molecule has 2 aromatic carbocycles. The molecule has 4 aromatic rings. The van der Waals surface area contributed by atoms with E-state index in [4.69, 9.17) is 0 Å². The summed E-state index contributed by atoms with van der Waals surface area (Å²) >= 11 is 1.38. The van der Waals surface area contributed by atoms with Crippen LogP contribution in [0.4, 0.5) is 10.1 Å². The largest absolute Gasteiger partial charge is 0.319 e. The first-order valence-corrected chi connectivity index (χ1v) is 8.93. The molecule has 0 bridgehead atoms. The van der Waals surface area contributed by atoms with Gasteiger partial charge in [-0.3, -0.25) is 9.48 Å². The van der Waals surface area contributed by atoms with E-state index in [0.717, 1.165) is 26.9 Å². The second-order valence-electron chi connectivity index (χ2n) is 6.13. The number of anilines is 1. The fourth-order valence-corrected chi connectivity index (χ4v) is 3.91. The summed E-state index contributed by atoms with van der Waals surface area (Å²) in [6.45, 7) is 2.04. The first-order chi connectivity index (χ1) is 12.5. The smallest absolute Gasteiger partial charge is 0.265 e. The Morgan fingerprint density at radius 2 is 2.00 bits per heavy atom. The van der Waals surface area contributed by atoms with Crippen LogP contribution in [0.15, 0.2) is 54.7 Å². The van der Waals surface area contributed by atoms with Crippen molar-refractivity contribution < 1.29 is 9.18 Å². The maximum atomic E-state index is 13.7. The van der Waals surface area contributed by atoms with E-state index >= 15 is 0 Å². The summed E-state index contributed by atoms with van der Waals surface area (Å²) in [5.74, 6) is -0.767. The highest BCUT2D eigenvalue weighted by molar-refractivity contribution is 7.17. The van der Waals surface area contributed by atoms with Gasteiger partial charge in [0.05, 0.1) is 16.1 Å². The van der Waals surface area contributed by atoms with E-state index in [-0.39, 0.29) is 11.6 Å². The number of rotatable bonds is 3. The molecule has 0 fully saturated rings. The molecular weight excluding hydrogens is 349 g/mol. The van der Waals surface area contributed by atoms with Crippen LogP contribution < -0.4 is 5.32 Å². The number of carbonyl (C=O) groups excluding carboxylic acids is 1. The summed E-state index contributed by atoms with van der Waals surface area (Å²) in [6, 6.07) is 13.9. The van der Waals surface area contributed by atoms with E-state index in [2.05, 4.69) is 16.5 Å². The number of aryl methyl sites for hydroxylation is 2. The van der Waals surface area contributed by atoms with Crippen molar-refractivity contribution in [1.29, 1.82) is 0 Å². The molecule has 4 nitrogen and oxygen atoms in total. The summed E-state index contributed by atoms with van der Waals surface area (Å²) < 4.78 is 15.5. The summed E-state index contributed by atoms with van der Waals surface area (Å²) in [6.07, 6.45) is 1.98. The van der Waals surface area contributed by atoms with Gasteiger partial charge in [-0.15, -0.1) is 11.3 Å². The third kappa shape index (κ3) is 2.99. The lowest BCUT2D eigenvalue weighted by Crippen LogP contribution is -2.11. The molecule has 2 aromatic heterocycles. The average Bonchev–Trinajstić information content (AvgIpc) is 3.22. The molecule has 1 amide bonds. The minimum atomic E-state index is -0.450. The monoisotopic (exact) mass is 365 g/mol. The van der Waals surface area contributed by atoms with E-state index < -0.39 is 5.82 Å². The Kier molecular flexibility index (Phi) is 4.05. The second-order valence-corrected chi connectivity index (χ2v) is 7.21. The molecular formula is C20H16FN3OS. The van der Waals surface area contributed by atoms with Crippen LogP contribution in [0.5, 0.6) is 0 Å². The molecule has 130 valence electrons. The number of amides is 1. The van der Waals surface area contributed by atoms with E-state index in [0.29, 0.717) is 4.88 Å². The molecule has 0 aliphatic heterocycles. The molecule has 0 saturated heterocycles. The fourth-order valence-electron chi connectivity index (χ4n) is 2.93. The lowest BCUT2D eigenvalue weighted by atomic mass is 10.1. The number of fused-ring (bicyclic) bond motifs is 1. The van der Waals surface area contributed by atoms with Gasteiger partial charge in [0.1, 0.15) is 5.82 Å². The van der Waals surface area contributed by atoms with Gasteiger partial charge < -0.3 is 5.32 Å². The number of benzene rings is 2. The molecule has 0 aliphatic carbocycles. The zero-order valence-electron chi connectivity index (χ0n) is 14.3. The zero-order valence-corrected chi connectivity index (χ0v) is 15.1. The third-order valence-electron chi connectivity index (χ3n) is 4.18. The lowest BCUT2D eigenvalue weighted by Gasteiger charge is -2.05. The number of halogens is 1. The predicted octanol–water partition coefficient (Wildman–Crippen LogP) is 5.00. The molecule has 26 heavy (non-hydrogen) atoms. The Bertz CT molecular complexity index is 1130. The van der Waals surface area contributed by atoms with E-state index in [1.54, 1.807) is 28.9 Å². The topological polar surface area (TPSA) is 46.9 Å². The van der Waals surface area contributed by atoms with E-state index in [9.17, 15) is 9.18 Å². The third-order valence-corrected chi connectivity index (χ3v) is 5.30. The highest BCUT2D eigenvalue weighted by atomic mass is 32.1. The van der Waals surface area contributed by atoms with Gasteiger partial charge in [-0.25, -0.2) is 4.39 Å². The maximum absolute atomic E-state index is 13.7. The molecule has 0 spiro atoms. The SMILES string of the molecule is Cc1cc2cn(C)nc2cc1-c1ccc(C(=O)Nc2ccccc2F)s1. The number of hydrogen-bond acceptors (Lipinski definition) is 3. The van der Waals surface area contributed by atoms with Crippen LogP contribution in [-0.2, 0) is 7.05 Å². The van der Waals surface area contributed by atoms with Crippen molar-refractivity contribution in [2.24, 2.45) is 7.05 Å². The average molecular weight is 365 g/mol. The van der Waals surface area contributed by atoms with Crippen LogP contribution >= 0.6 is 11.3 Å². The van der Waals surface area contributed by atoms with Crippen LogP contribution in [0.2, 0.25) is 0 Å². The second kappa shape index (κ2) is 6.38. The molecule has 0 atom stereocenters. The number of para-hydroxylation sites is 1. The number of nitrogens with zero attached hydrogens (tertiary/aromatic N) is 2. The summed E-state index contributed by atoms with van der Waals surface area (Å²) in [4.78, 5) is 13.9. The van der Waals surface area contributed by atoms with Crippen molar-refractivity contribution in [3.8, 4) is 10.4 Å². The van der Waals surface area contributed by atoms with Gasteiger partial charge in [-0.1, -0.05) is 12.1 Å². The molecule has 4 rings (SSSR count). The number of hydrogen-bond donors (Lipinski definition) is 1. The first kappa shape index (κ1) is 16.5. The van der Waals surface area contributed by atoms with E-state index in [1.165, 1.54) is 17.4 Å². The van der Waals surface area contributed by atoms with Gasteiger partial charge in [0.25, 0.3) is 5.91 Å². The number of thiophene rings is 1. The summed E-state index contributed by atoms with van der Waals surface area (Å²) in [7, 11) is 1.89. The zero-order chi connectivity index (χ0) is 18.3. The molecule has 0 radical (unpaired) electrons. The Morgan fingerprint density at radius 1 is 1.19 bits per heavy atom. The van der Waals surface area contributed by atoms with Crippen LogP contribution in [-0.4, -0.2) is 15.7 Å². The Morgan fingerprint density at radius 3 is 2.81 bits per heavy atom. The van der Waals surface area contributed by atoms with Crippen molar-refractivity contribution in [3.63, 3.8) is 0 Å². The minimum absolute atomic E-state index is 0.179.